The van der Waals surface area contributed by atoms with Crippen LogP contribution in [0.4, 0.5) is 4.39 Å². The van der Waals surface area contributed by atoms with E-state index in [0.29, 0.717) is 5.56 Å². The monoisotopic (exact) mass is 459 g/mol. The van der Waals surface area contributed by atoms with Crippen molar-refractivity contribution >= 4 is 15.6 Å². The summed E-state index contributed by atoms with van der Waals surface area (Å²) in [7, 11) is -4.12. The summed E-state index contributed by atoms with van der Waals surface area (Å²) in [4.78, 5) is 12.5. The highest BCUT2D eigenvalue weighted by Crippen LogP contribution is 2.31. The van der Waals surface area contributed by atoms with Crippen molar-refractivity contribution in [3.8, 4) is 6.07 Å². The third kappa shape index (κ3) is 6.02. The van der Waals surface area contributed by atoms with Crippen molar-refractivity contribution in [2.45, 2.75) is 70.3 Å². The first-order valence-electron chi connectivity index (χ1n) is 10.5. The molecule has 0 saturated heterocycles. The van der Waals surface area contributed by atoms with Crippen molar-refractivity contribution in [1.82, 2.24) is 0 Å². The van der Waals surface area contributed by atoms with Gasteiger partial charge >= 0.3 is 0 Å². The molecule has 0 bridgehead atoms. The van der Waals surface area contributed by atoms with E-state index in [2.05, 4.69) is 6.07 Å². The second kappa shape index (κ2) is 9.51. The van der Waals surface area contributed by atoms with Crippen molar-refractivity contribution in [1.29, 1.82) is 5.26 Å². The average Bonchev–Trinajstić information content (AvgIpc) is 2.65. The van der Waals surface area contributed by atoms with Crippen LogP contribution in [0.2, 0.25) is 0 Å². The quantitative estimate of drug-likeness (QED) is 0.614. The minimum atomic E-state index is -4.12. The Kier molecular flexibility index (Phi) is 7.64. The van der Waals surface area contributed by atoms with Crippen molar-refractivity contribution in [3.63, 3.8) is 0 Å². The number of halogens is 1. The molecule has 0 aromatic heterocycles. The topological polar surface area (TPSA) is 95.2 Å². The molecule has 0 aliphatic carbocycles. The number of benzene rings is 2. The van der Waals surface area contributed by atoms with Gasteiger partial charge in [0, 0.05) is 6.42 Å². The van der Waals surface area contributed by atoms with Gasteiger partial charge in [0.2, 0.25) is 0 Å². The smallest absolute Gasteiger partial charge is 0.185 e. The summed E-state index contributed by atoms with van der Waals surface area (Å²) in [5, 5.41) is 19.5. The van der Waals surface area contributed by atoms with Gasteiger partial charge in [-0.3, -0.25) is 4.79 Å². The number of Topliss-reactive ketones (excluding diaryl/α,β-unsaturated/α-hetero) is 1. The Bertz CT molecular complexity index is 1140. The molecule has 5 nitrogen and oxygen atoms in total. The molecule has 0 saturated carbocycles. The maximum Gasteiger partial charge on any atom is 0.185 e. The van der Waals surface area contributed by atoms with Crippen LogP contribution in [0.5, 0.6) is 0 Å². The fourth-order valence-corrected chi connectivity index (χ4v) is 4.95. The molecule has 0 aliphatic rings. The number of hydrogen-bond donors (Lipinski definition) is 1. The Morgan fingerprint density at radius 3 is 2.03 bits per heavy atom. The number of sulfone groups is 1. The highest BCUT2D eigenvalue weighted by molar-refractivity contribution is 7.92. The van der Waals surface area contributed by atoms with Crippen molar-refractivity contribution in [2.24, 2.45) is 0 Å². The van der Waals surface area contributed by atoms with E-state index in [-0.39, 0.29) is 28.7 Å². The summed E-state index contributed by atoms with van der Waals surface area (Å²) in [5.41, 5.74) is 1.60. The van der Waals surface area contributed by atoms with Crippen molar-refractivity contribution < 1.29 is 22.7 Å². The number of nitriles is 1. The van der Waals surface area contributed by atoms with Gasteiger partial charge in [-0.1, -0.05) is 27.7 Å². The maximum absolute atomic E-state index is 14.0. The molecular weight excluding hydrogens is 429 g/mol. The second-order valence-corrected chi connectivity index (χ2v) is 11.3. The van der Waals surface area contributed by atoms with E-state index in [1.54, 1.807) is 12.1 Å². The van der Waals surface area contributed by atoms with Crippen LogP contribution >= 0.6 is 0 Å². The first kappa shape index (κ1) is 25.7. The van der Waals surface area contributed by atoms with Crippen LogP contribution in [-0.4, -0.2) is 25.1 Å². The number of hydrogen-bond acceptors (Lipinski definition) is 5. The van der Waals surface area contributed by atoms with Crippen LogP contribution in [0.1, 0.15) is 81.2 Å². The van der Waals surface area contributed by atoms with Gasteiger partial charge in [0.25, 0.3) is 0 Å². The molecule has 172 valence electrons. The fraction of sp³-hybridized carbons (Fsp3) is 0.440. The standard InChI is InChI=1S/C25H30FNO4S/c1-15(2)22-7-17(13-27)8-23(16(3)4)24(22)12-20(28)14-32(30,31)21-10-18(25(5,6)29)9-19(26)11-21/h7-11,15-16,29H,12,14H2,1-6H3. The molecule has 0 spiro atoms. The third-order valence-electron chi connectivity index (χ3n) is 5.35. The summed E-state index contributed by atoms with van der Waals surface area (Å²) in [5.74, 6) is -2.02. The third-order valence-corrected chi connectivity index (χ3v) is 7.01. The van der Waals surface area contributed by atoms with Gasteiger partial charge in [0.15, 0.2) is 15.6 Å². The Morgan fingerprint density at radius 1 is 1.06 bits per heavy atom. The fourth-order valence-electron chi connectivity index (χ4n) is 3.66. The zero-order valence-electron chi connectivity index (χ0n) is 19.4. The van der Waals surface area contributed by atoms with Gasteiger partial charge in [0.05, 0.1) is 22.1 Å². The molecule has 2 rings (SSSR count). The lowest BCUT2D eigenvalue weighted by molar-refractivity contribution is -0.116. The SMILES string of the molecule is CC(C)c1cc(C#N)cc(C(C)C)c1CC(=O)CS(=O)(=O)c1cc(F)cc(C(C)(C)O)c1. The highest BCUT2D eigenvalue weighted by Gasteiger charge is 2.26. The molecule has 2 aromatic rings. The first-order valence-corrected chi connectivity index (χ1v) is 12.2. The first-order chi connectivity index (χ1) is 14.7. The summed E-state index contributed by atoms with van der Waals surface area (Å²) in [6.45, 7) is 10.7. The molecule has 2 aromatic carbocycles. The molecule has 1 N–H and O–H groups in total. The van der Waals surface area contributed by atoms with Crippen LogP contribution in [0.3, 0.4) is 0 Å². The minimum Gasteiger partial charge on any atom is -0.386 e. The zero-order chi connectivity index (χ0) is 24.4. The lowest BCUT2D eigenvalue weighted by Gasteiger charge is -2.20. The number of ketones is 1. The largest absolute Gasteiger partial charge is 0.386 e. The number of rotatable bonds is 8. The summed E-state index contributed by atoms with van der Waals surface area (Å²) in [6, 6.07) is 8.77. The molecule has 0 atom stereocenters. The molecule has 7 heteroatoms. The number of carbonyl (C=O) groups is 1. The predicted octanol–water partition coefficient (Wildman–Crippen LogP) is 4.76. The number of nitrogens with zero attached hydrogens (tertiary/aromatic N) is 1. The summed E-state index contributed by atoms with van der Waals surface area (Å²) >= 11 is 0. The van der Waals surface area contributed by atoms with Crippen LogP contribution in [0.15, 0.2) is 35.2 Å². The molecule has 0 heterocycles. The predicted molar refractivity (Wildman–Crippen MR) is 122 cm³/mol. The van der Waals surface area contributed by atoms with E-state index in [9.17, 15) is 28.0 Å². The summed E-state index contributed by atoms with van der Waals surface area (Å²) in [6.07, 6.45) is -0.0976. The van der Waals surface area contributed by atoms with E-state index < -0.39 is 32.8 Å². The van der Waals surface area contributed by atoms with Crippen molar-refractivity contribution in [3.05, 3.63) is 64.0 Å². The van der Waals surface area contributed by atoms with E-state index in [0.717, 1.165) is 28.8 Å². The normalized spacial score (nSPS) is 12.3. The van der Waals surface area contributed by atoms with E-state index >= 15 is 0 Å². The second-order valence-electron chi connectivity index (χ2n) is 9.26. The minimum absolute atomic E-state index is 0.0396. The molecule has 0 aliphatic heterocycles. The number of aliphatic hydroxyl groups is 1. The number of carbonyl (C=O) groups excluding carboxylic acids is 1. The van der Waals surface area contributed by atoms with Crippen LogP contribution < -0.4 is 0 Å². The average molecular weight is 460 g/mol. The van der Waals surface area contributed by atoms with E-state index in [4.69, 9.17) is 0 Å². The van der Waals surface area contributed by atoms with Gasteiger partial charge in [-0.05, 0) is 78.3 Å². The lowest BCUT2D eigenvalue weighted by Crippen LogP contribution is -2.21. The Balaban J connectivity index is 2.43. The van der Waals surface area contributed by atoms with Gasteiger partial charge in [0.1, 0.15) is 11.6 Å². The van der Waals surface area contributed by atoms with Crippen LogP contribution in [0.25, 0.3) is 0 Å². The Hall–Kier alpha value is -2.56. The summed E-state index contributed by atoms with van der Waals surface area (Å²) < 4.78 is 39.8. The lowest BCUT2D eigenvalue weighted by atomic mass is 9.85. The Morgan fingerprint density at radius 2 is 1.59 bits per heavy atom. The van der Waals surface area contributed by atoms with Crippen LogP contribution in [-0.2, 0) is 26.7 Å². The molecular formula is C25H30FNO4S. The van der Waals surface area contributed by atoms with E-state index in [1.807, 2.05) is 27.7 Å². The van der Waals surface area contributed by atoms with Crippen molar-refractivity contribution in [2.75, 3.05) is 5.75 Å². The van der Waals surface area contributed by atoms with Crippen LogP contribution in [0, 0.1) is 17.1 Å². The molecule has 0 radical (unpaired) electrons. The molecule has 32 heavy (non-hydrogen) atoms. The highest BCUT2D eigenvalue weighted by atomic mass is 32.2. The van der Waals surface area contributed by atoms with E-state index in [1.165, 1.54) is 19.9 Å². The van der Waals surface area contributed by atoms with Gasteiger partial charge in [-0.2, -0.15) is 5.26 Å². The zero-order valence-corrected chi connectivity index (χ0v) is 20.2. The maximum atomic E-state index is 14.0. The van der Waals surface area contributed by atoms with Gasteiger partial charge < -0.3 is 5.11 Å². The van der Waals surface area contributed by atoms with Gasteiger partial charge in [-0.15, -0.1) is 0 Å². The molecule has 0 amide bonds. The molecule has 0 fully saturated rings. The Labute approximate surface area is 189 Å². The molecule has 0 unspecified atom stereocenters. The van der Waals surface area contributed by atoms with Gasteiger partial charge in [-0.25, -0.2) is 12.8 Å².